The Hall–Kier alpha value is -2.62. The second-order valence-corrected chi connectivity index (χ2v) is 6.46. The van der Waals surface area contributed by atoms with Crippen molar-refractivity contribution in [1.29, 1.82) is 0 Å². The van der Waals surface area contributed by atoms with E-state index < -0.39 is 30.1 Å². The van der Waals surface area contributed by atoms with E-state index in [1.54, 1.807) is 13.8 Å². The molecule has 1 atom stereocenters. The fourth-order valence-electron chi connectivity index (χ4n) is 1.97. The molecule has 26 heavy (non-hydrogen) atoms. The standard InChI is InChI=1S/C16H15F3N2O4S/c1-8-13(26-10(3)20-8)15(23)24-9(2)14(22)21-11-4-6-12(7-5-11)25-16(17,18)19/h4-7,9H,1-3H3,(H,21,22)/t9-/m0/s1. The number of aromatic nitrogens is 1. The highest BCUT2D eigenvalue weighted by Crippen LogP contribution is 2.24. The van der Waals surface area contributed by atoms with Gasteiger partial charge in [-0.1, -0.05) is 0 Å². The monoisotopic (exact) mass is 388 g/mol. The first-order chi connectivity index (χ1) is 12.0. The largest absolute Gasteiger partial charge is 0.573 e. The van der Waals surface area contributed by atoms with E-state index in [4.69, 9.17) is 4.74 Å². The predicted molar refractivity (Wildman–Crippen MR) is 88.2 cm³/mol. The van der Waals surface area contributed by atoms with Crippen LogP contribution in [0.4, 0.5) is 18.9 Å². The van der Waals surface area contributed by atoms with Crippen molar-refractivity contribution in [3.05, 3.63) is 39.8 Å². The van der Waals surface area contributed by atoms with E-state index in [0.29, 0.717) is 15.6 Å². The van der Waals surface area contributed by atoms with Crippen LogP contribution in [0.3, 0.4) is 0 Å². The molecule has 2 rings (SSSR count). The zero-order valence-corrected chi connectivity index (χ0v) is 14.8. The number of anilines is 1. The maximum absolute atomic E-state index is 12.1. The summed E-state index contributed by atoms with van der Waals surface area (Å²) in [5.41, 5.74) is 0.752. The van der Waals surface area contributed by atoms with Gasteiger partial charge in [-0.05, 0) is 45.0 Å². The molecule has 1 N–H and O–H groups in total. The molecule has 0 radical (unpaired) electrons. The van der Waals surface area contributed by atoms with Crippen molar-refractivity contribution in [2.45, 2.75) is 33.2 Å². The summed E-state index contributed by atoms with van der Waals surface area (Å²) < 4.78 is 45.2. The number of hydrogen-bond donors (Lipinski definition) is 1. The van der Waals surface area contributed by atoms with Crippen LogP contribution in [0.1, 0.15) is 27.3 Å². The Balaban J connectivity index is 1.94. The van der Waals surface area contributed by atoms with Crippen molar-refractivity contribution in [1.82, 2.24) is 4.98 Å². The first-order valence-corrected chi connectivity index (χ1v) is 8.18. The van der Waals surface area contributed by atoms with Crippen molar-refractivity contribution in [2.75, 3.05) is 5.32 Å². The summed E-state index contributed by atoms with van der Waals surface area (Å²) in [5, 5.41) is 3.14. The summed E-state index contributed by atoms with van der Waals surface area (Å²) in [7, 11) is 0. The van der Waals surface area contributed by atoms with Gasteiger partial charge < -0.3 is 14.8 Å². The number of benzene rings is 1. The lowest BCUT2D eigenvalue weighted by molar-refractivity contribution is -0.274. The van der Waals surface area contributed by atoms with Gasteiger partial charge in [0.15, 0.2) is 6.10 Å². The van der Waals surface area contributed by atoms with E-state index in [1.165, 1.54) is 19.1 Å². The van der Waals surface area contributed by atoms with Crippen LogP contribution >= 0.6 is 11.3 Å². The van der Waals surface area contributed by atoms with Gasteiger partial charge in [-0.2, -0.15) is 0 Å². The van der Waals surface area contributed by atoms with Crippen LogP contribution in [0, 0.1) is 13.8 Å². The van der Waals surface area contributed by atoms with Gasteiger partial charge in [0.25, 0.3) is 5.91 Å². The Bertz CT molecular complexity index is 803. The van der Waals surface area contributed by atoms with Gasteiger partial charge in [0.05, 0.1) is 10.7 Å². The number of rotatable bonds is 5. The maximum atomic E-state index is 12.1. The number of hydrogen-bond acceptors (Lipinski definition) is 6. The van der Waals surface area contributed by atoms with Gasteiger partial charge in [0.2, 0.25) is 0 Å². The molecule has 10 heteroatoms. The first-order valence-electron chi connectivity index (χ1n) is 7.37. The van der Waals surface area contributed by atoms with Gasteiger partial charge in [0.1, 0.15) is 10.6 Å². The van der Waals surface area contributed by atoms with E-state index >= 15 is 0 Å². The zero-order chi connectivity index (χ0) is 19.5. The molecule has 140 valence electrons. The average molecular weight is 388 g/mol. The Morgan fingerprint density at radius 1 is 1.19 bits per heavy atom. The number of thiazole rings is 1. The van der Waals surface area contributed by atoms with Crippen LogP contribution in [0.2, 0.25) is 0 Å². The second-order valence-electron chi connectivity index (χ2n) is 5.26. The fourth-order valence-corrected chi connectivity index (χ4v) is 2.77. The minimum absolute atomic E-state index is 0.234. The normalized spacial score (nSPS) is 12.4. The van der Waals surface area contributed by atoms with Gasteiger partial charge in [-0.15, -0.1) is 24.5 Å². The summed E-state index contributed by atoms with van der Waals surface area (Å²) in [6.07, 6.45) is -5.89. The van der Waals surface area contributed by atoms with Crippen LogP contribution in [-0.2, 0) is 9.53 Å². The summed E-state index contributed by atoms with van der Waals surface area (Å²) in [6, 6.07) is 4.60. The van der Waals surface area contributed by atoms with E-state index in [1.807, 2.05) is 0 Å². The number of esters is 1. The fraction of sp³-hybridized carbons (Fsp3) is 0.312. The number of halogens is 3. The lowest BCUT2D eigenvalue weighted by Gasteiger charge is -2.14. The van der Waals surface area contributed by atoms with Gasteiger partial charge in [0, 0.05) is 5.69 Å². The molecule has 0 bridgehead atoms. The highest BCUT2D eigenvalue weighted by atomic mass is 32.1. The minimum Gasteiger partial charge on any atom is -0.448 e. The summed E-state index contributed by atoms with van der Waals surface area (Å²) in [6.45, 7) is 4.80. The number of carbonyl (C=O) groups excluding carboxylic acids is 2. The Morgan fingerprint density at radius 3 is 2.31 bits per heavy atom. The number of ether oxygens (including phenoxy) is 2. The van der Waals surface area contributed by atoms with E-state index in [-0.39, 0.29) is 5.69 Å². The number of aryl methyl sites for hydroxylation is 2. The number of amides is 1. The topological polar surface area (TPSA) is 77.5 Å². The number of nitrogens with one attached hydrogen (secondary N) is 1. The highest BCUT2D eigenvalue weighted by molar-refractivity contribution is 7.13. The molecule has 6 nitrogen and oxygen atoms in total. The molecule has 0 fully saturated rings. The lowest BCUT2D eigenvalue weighted by Crippen LogP contribution is -2.30. The third-order valence-corrected chi connectivity index (χ3v) is 4.15. The molecule has 0 saturated carbocycles. The average Bonchev–Trinajstić information content (AvgIpc) is 2.86. The van der Waals surface area contributed by atoms with Crippen LogP contribution in [-0.4, -0.2) is 29.3 Å². The van der Waals surface area contributed by atoms with Crippen molar-refractivity contribution in [2.24, 2.45) is 0 Å². The highest BCUT2D eigenvalue weighted by Gasteiger charge is 2.31. The molecule has 0 unspecified atom stereocenters. The lowest BCUT2D eigenvalue weighted by atomic mass is 10.3. The Labute approximate surface area is 150 Å². The summed E-state index contributed by atoms with van der Waals surface area (Å²) in [5.74, 6) is -1.70. The predicted octanol–water partition coefficient (Wildman–Crippen LogP) is 3.84. The van der Waals surface area contributed by atoms with Crippen LogP contribution < -0.4 is 10.1 Å². The Morgan fingerprint density at radius 2 is 1.81 bits per heavy atom. The molecule has 1 amide bonds. The molecule has 1 aromatic heterocycles. The van der Waals surface area contributed by atoms with Crippen molar-refractivity contribution < 1.29 is 32.2 Å². The molecule has 0 aliphatic carbocycles. The Kier molecular flexibility index (Phi) is 5.86. The minimum atomic E-state index is -4.79. The number of nitrogens with zero attached hydrogens (tertiary/aromatic N) is 1. The van der Waals surface area contributed by atoms with E-state index in [0.717, 1.165) is 23.5 Å². The molecular formula is C16H15F3N2O4S. The first kappa shape index (κ1) is 19.7. The van der Waals surface area contributed by atoms with E-state index in [9.17, 15) is 22.8 Å². The molecule has 1 heterocycles. The second kappa shape index (κ2) is 7.73. The summed E-state index contributed by atoms with van der Waals surface area (Å²) >= 11 is 1.16. The van der Waals surface area contributed by atoms with Crippen LogP contribution in [0.25, 0.3) is 0 Å². The molecule has 0 saturated heterocycles. The molecular weight excluding hydrogens is 373 g/mol. The van der Waals surface area contributed by atoms with Crippen molar-refractivity contribution in [3.8, 4) is 5.75 Å². The zero-order valence-electron chi connectivity index (χ0n) is 14.0. The van der Waals surface area contributed by atoms with E-state index in [2.05, 4.69) is 15.0 Å². The SMILES string of the molecule is Cc1nc(C)c(C(=O)O[C@@H](C)C(=O)Nc2ccc(OC(F)(F)F)cc2)s1. The molecule has 0 aliphatic rings. The quantitative estimate of drug-likeness (QED) is 0.788. The van der Waals surface area contributed by atoms with Gasteiger partial charge in [-0.25, -0.2) is 9.78 Å². The molecule has 0 aliphatic heterocycles. The van der Waals surface area contributed by atoms with Crippen molar-refractivity contribution in [3.63, 3.8) is 0 Å². The third-order valence-electron chi connectivity index (χ3n) is 3.10. The smallest absolute Gasteiger partial charge is 0.448 e. The molecule has 1 aromatic carbocycles. The van der Waals surface area contributed by atoms with Gasteiger partial charge >= 0.3 is 12.3 Å². The molecule has 2 aromatic rings. The van der Waals surface area contributed by atoms with Crippen LogP contribution in [0.15, 0.2) is 24.3 Å². The maximum Gasteiger partial charge on any atom is 0.573 e. The summed E-state index contributed by atoms with van der Waals surface area (Å²) in [4.78, 5) is 28.6. The van der Waals surface area contributed by atoms with Crippen LogP contribution in [0.5, 0.6) is 5.75 Å². The number of carbonyl (C=O) groups is 2. The van der Waals surface area contributed by atoms with Crippen molar-refractivity contribution >= 4 is 28.9 Å². The molecule has 0 spiro atoms. The van der Waals surface area contributed by atoms with Gasteiger partial charge in [-0.3, -0.25) is 4.79 Å². The third kappa shape index (κ3) is 5.45. The number of alkyl halides is 3.